The van der Waals surface area contributed by atoms with Gasteiger partial charge in [-0.1, -0.05) is 30.3 Å². The number of benzene rings is 2. The van der Waals surface area contributed by atoms with Gasteiger partial charge in [0.25, 0.3) is 0 Å². The quantitative estimate of drug-likeness (QED) is 0.413. The molecule has 2 aromatic heterocycles. The van der Waals surface area contributed by atoms with Crippen molar-refractivity contribution in [3.8, 4) is 23.1 Å². The van der Waals surface area contributed by atoms with E-state index in [0.717, 1.165) is 5.56 Å². The lowest BCUT2D eigenvalue weighted by molar-refractivity contribution is 0.182. The Hall–Kier alpha value is -4.14. The number of aromatic nitrogens is 2. The number of nitrogens with one attached hydrogen (secondary N) is 1. The summed E-state index contributed by atoms with van der Waals surface area (Å²) >= 11 is 0. The number of hydrogen-bond acceptors (Lipinski definition) is 6. The number of rotatable bonds is 8. The zero-order valence-electron chi connectivity index (χ0n) is 17.1. The molecule has 32 heavy (non-hydrogen) atoms. The van der Waals surface area contributed by atoms with Crippen molar-refractivity contribution in [2.75, 3.05) is 6.61 Å². The Kier molecular flexibility index (Phi) is 6.16. The molecule has 2 heterocycles. The maximum Gasteiger partial charge on any atom is 0.404 e. The fourth-order valence-corrected chi connectivity index (χ4v) is 2.97. The molecule has 2 aromatic carbocycles. The molecule has 9 heteroatoms. The minimum absolute atomic E-state index is 0.0987. The van der Waals surface area contributed by atoms with E-state index in [1.54, 1.807) is 19.1 Å². The molecule has 164 valence electrons. The van der Waals surface area contributed by atoms with Crippen LogP contribution in [0.3, 0.4) is 0 Å². The summed E-state index contributed by atoms with van der Waals surface area (Å²) in [4.78, 5) is 19.1. The summed E-state index contributed by atoms with van der Waals surface area (Å²) in [7, 11) is 0. The molecule has 0 aliphatic carbocycles. The van der Waals surface area contributed by atoms with E-state index in [2.05, 4.69) is 15.3 Å². The van der Waals surface area contributed by atoms with Crippen LogP contribution in [0.2, 0.25) is 0 Å². The Labute approximate surface area is 182 Å². The van der Waals surface area contributed by atoms with Crippen molar-refractivity contribution in [3.05, 3.63) is 72.2 Å². The molecule has 0 spiro atoms. The lowest BCUT2D eigenvalue weighted by atomic mass is 10.2. The minimum Gasteiger partial charge on any atom is -0.486 e. The van der Waals surface area contributed by atoms with E-state index in [4.69, 9.17) is 19.0 Å². The molecule has 0 aliphatic heterocycles. The van der Waals surface area contributed by atoms with Gasteiger partial charge in [-0.25, -0.2) is 19.2 Å². The second-order valence-corrected chi connectivity index (χ2v) is 7.09. The third-order valence-electron chi connectivity index (χ3n) is 4.52. The Morgan fingerprint density at radius 1 is 1.19 bits per heavy atom. The highest BCUT2D eigenvalue weighted by Gasteiger charge is 2.14. The number of oxazole rings is 1. The molecule has 1 atom stereocenters. The number of amides is 1. The van der Waals surface area contributed by atoms with Gasteiger partial charge in [0, 0.05) is 11.6 Å². The SMILES string of the molecule is C[C@@H](COc1cc2oc(-c3ccc(OCc4ccccc4)c(F)c3)nc2cn1)NC(=O)O. The van der Waals surface area contributed by atoms with Crippen molar-refractivity contribution in [3.63, 3.8) is 0 Å². The van der Waals surface area contributed by atoms with Crippen molar-refractivity contribution < 1.29 is 28.2 Å². The van der Waals surface area contributed by atoms with Gasteiger partial charge in [0.1, 0.15) is 18.7 Å². The average Bonchev–Trinajstić information content (AvgIpc) is 3.20. The highest BCUT2D eigenvalue weighted by Crippen LogP contribution is 2.29. The summed E-state index contributed by atoms with van der Waals surface area (Å²) in [6, 6.07) is 15.1. The highest BCUT2D eigenvalue weighted by molar-refractivity contribution is 5.76. The highest BCUT2D eigenvalue weighted by atomic mass is 19.1. The van der Waals surface area contributed by atoms with E-state index in [-0.39, 0.29) is 30.7 Å². The first-order valence-corrected chi connectivity index (χ1v) is 9.83. The predicted octanol–water partition coefficient (Wildman–Crippen LogP) is 4.64. The maximum atomic E-state index is 14.6. The molecule has 1 amide bonds. The Balaban J connectivity index is 1.46. The summed E-state index contributed by atoms with van der Waals surface area (Å²) in [5.74, 6) is 0.0985. The van der Waals surface area contributed by atoms with Crippen LogP contribution >= 0.6 is 0 Å². The Bertz CT molecular complexity index is 1230. The number of ether oxygens (including phenoxy) is 2. The average molecular weight is 437 g/mol. The molecule has 8 nitrogen and oxygen atoms in total. The summed E-state index contributed by atoms with van der Waals surface area (Å²) in [5, 5.41) is 11.0. The number of halogens is 1. The van der Waals surface area contributed by atoms with Gasteiger partial charge in [-0.3, -0.25) is 0 Å². The second-order valence-electron chi connectivity index (χ2n) is 7.09. The van der Waals surface area contributed by atoms with Gasteiger partial charge in [-0.2, -0.15) is 0 Å². The van der Waals surface area contributed by atoms with Crippen molar-refractivity contribution in [2.45, 2.75) is 19.6 Å². The van der Waals surface area contributed by atoms with E-state index >= 15 is 0 Å². The molecule has 4 rings (SSSR count). The number of carboxylic acid groups (broad SMARTS) is 1. The number of carbonyl (C=O) groups is 1. The first-order chi connectivity index (χ1) is 15.5. The van der Waals surface area contributed by atoms with Crippen LogP contribution in [0.4, 0.5) is 9.18 Å². The molecule has 0 aliphatic rings. The second kappa shape index (κ2) is 9.34. The number of nitrogens with zero attached hydrogens (tertiary/aromatic N) is 2. The van der Waals surface area contributed by atoms with Crippen LogP contribution in [0.15, 0.2) is 65.2 Å². The minimum atomic E-state index is -1.13. The maximum absolute atomic E-state index is 14.6. The monoisotopic (exact) mass is 437 g/mol. The van der Waals surface area contributed by atoms with E-state index in [1.807, 2.05) is 30.3 Å². The molecular formula is C23H20FN3O5. The molecule has 0 saturated carbocycles. The molecule has 0 radical (unpaired) electrons. The van der Waals surface area contributed by atoms with Crippen LogP contribution in [-0.4, -0.2) is 33.8 Å². The van der Waals surface area contributed by atoms with Gasteiger partial charge in [0.2, 0.25) is 11.8 Å². The standard InChI is InChI=1S/C23H20FN3O5/c1-14(26-23(28)29)12-31-21-10-20-18(11-25-21)27-22(32-20)16-7-8-19(17(24)9-16)30-13-15-5-3-2-4-6-15/h2-11,14,26H,12-13H2,1H3,(H,28,29)/t14-/m0/s1. The van der Waals surface area contributed by atoms with E-state index in [9.17, 15) is 9.18 Å². The van der Waals surface area contributed by atoms with Crippen molar-refractivity contribution >= 4 is 17.2 Å². The van der Waals surface area contributed by atoms with Crippen LogP contribution in [0.1, 0.15) is 12.5 Å². The van der Waals surface area contributed by atoms with Gasteiger partial charge in [-0.15, -0.1) is 0 Å². The van der Waals surface area contributed by atoms with Gasteiger partial charge >= 0.3 is 6.09 Å². The molecule has 0 unspecified atom stereocenters. The van der Waals surface area contributed by atoms with Crippen molar-refractivity contribution in [1.82, 2.24) is 15.3 Å². The van der Waals surface area contributed by atoms with Crippen LogP contribution in [-0.2, 0) is 6.61 Å². The zero-order valence-corrected chi connectivity index (χ0v) is 17.1. The Morgan fingerprint density at radius 2 is 2.00 bits per heavy atom. The molecule has 0 saturated heterocycles. The number of hydrogen-bond donors (Lipinski definition) is 2. The molecule has 4 aromatic rings. The van der Waals surface area contributed by atoms with Gasteiger partial charge < -0.3 is 24.3 Å². The molecular weight excluding hydrogens is 417 g/mol. The third-order valence-corrected chi connectivity index (χ3v) is 4.52. The van der Waals surface area contributed by atoms with Gasteiger partial charge in [0.05, 0.1) is 12.2 Å². The van der Waals surface area contributed by atoms with Crippen LogP contribution < -0.4 is 14.8 Å². The molecule has 0 bridgehead atoms. The van der Waals surface area contributed by atoms with E-state index < -0.39 is 18.0 Å². The first kappa shape index (κ1) is 21.1. The summed E-state index contributed by atoms with van der Waals surface area (Å²) < 4.78 is 31.3. The topological polar surface area (TPSA) is 107 Å². The largest absolute Gasteiger partial charge is 0.486 e. The van der Waals surface area contributed by atoms with E-state index in [0.29, 0.717) is 16.7 Å². The summed E-state index contributed by atoms with van der Waals surface area (Å²) in [6.45, 7) is 2.03. The van der Waals surface area contributed by atoms with Crippen LogP contribution in [0, 0.1) is 5.82 Å². The fraction of sp³-hybridized carbons (Fsp3) is 0.174. The van der Waals surface area contributed by atoms with E-state index in [1.165, 1.54) is 18.3 Å². The van der Waals surface area contributed by atoms with Crippen molar-refractivity contribution in [2.24, 2.45) is 0 Å². The summed E-state index contributed by atoms with van der Waals surface area (Å²) in [6.07, 6.45) is 0.341. The lowest BCUT2D eigenvalue weighted by Gasteiger charge is -2.11. The Morgan fingerprint density at radius 3 is 2.75 bits per heavy atom. The molecule has 0 fully saturated rings. The van der Waals surface area contributed by atoms with Crippen molar-refractivity contribution in [1.29, 1.82) is 0 Å². The van der Waals surface area contributed by atoms with Crippen LogP contribution in [0.5, 0.6) is 11.6 Å². The first-order valence-electron chi connectivity index (χ1n) is 9.83. The smallest absolute Gasteiger partial charge is 0.404 e. The number of fused-ring (bicyclic) bond motifs is 1. The lowest BCUT2D eigenvalue weighted by Crippen LogP contribution is -2.35. The van der Waals surface area contributed by atoms with Crippen LogP contribution in [0.25, 0.3) is 22.6 Å². The fourth-order valence-electron chi connectivity index (χ4n) is 2.97. The zero-order chi connectivity index (χ0) is 22.5. The number of pyridine rings is 1. The van der Waals surface area contributed by atoms with Gasteiger partial charge in [0.15, 0.2) is 17.1 Å². The normalized spacial score (nSPS) is 11.8. The third kappa shape index (κ3) is 5.12. The summed E-state index contributed by atoms with van der Waals surface area (Å²) in [5.41, 5.74) is 2.28. The van der Waals surface area contributed by atoms with Gasteiger partial charge in [-0.05, 0) is 30.7 Å². The predicted molar refractivity (Wildman–Crippen MR) is 114 cm³/mol. The molecule has 2 N–H and O–H groups in total.